The number of carbonyl (C=O) groups excluding carboxylic acids is 1. The fourth-order valence-electron chi connectivity index (χ4n) is 1.89. The molecule has 102 valence electrons. The largest absolute Gasteiger partial charge is 0.341 e. The van der Waals surface area contributed by atoms with Crippen molar-refractivity contribution in [1.82, 2.24) is 10.2 Å². The minimum Gasteiger partial charge on any atom is -0.341 e. The summed E-state index contributed by atoms with van der Waals surface area (Å²) in [4.78, 5) is 14.1. The van der Waals surface area contributed by atoms with E-state index >= 15 is 0 Å². The Kier molecular flexibility index (Phi) is 6.11. The van der Waals surface area contributed by atoms with Crippen LogP contribution in [0.25, 0.3) is 0 Å². The summed E-state index contributed by atoms with van der Waals surface area (Å²) in [6.45, 7) is 8.71. The molecule has 0 bridgehead atoms. The fourth-order valence-corrected chi connectivity index (χ4v) is 1.89. The molecule has 0 saturated carbocycles. The van der Waals surface area contributed by atoms with Crippen LogP contribution in [-0.2, 0) is 6.54 Å². The summed E-state index contributed by atoms with van der Waals surface area (Å²) in [5.41, 5.74) is 1.86. The van der Waals surface area contributed by atoms with E-state index in [1.165, 1.54) is 5.56 Å². The molecule has 0 spiro atoms. The van der Waals surface area contributed by atoms with E-state index in [2.05, 4.69) is 36.9 Å². The Hall–Kier alpha value is -1.79. The molecule has 0 aliphatic heterocycles. The number of hydrogen-bond acceptors (Lipinski definition) is 2. The van der Waals surface area contributed by atoms with Crippen LogP contribution in [0.15, 0.2) is 24.3 Å². The number of hydrogen-bond donors (Lipinski definition) is 1. The lowest BCUT2D eigenvalue weighted by molar-refractivity contribution is 0.0958. The summed E-state index contributed by atoms with van der Waals surface area (Å²) in [6.07, 6.45) is 5.11. The van der Waals surface area contributed by atoms with Crippen LogP contribution in [-0.4, -0.2) is 29.9 Å². The van der Waals surface area contributed by atoms with Crippen LogP contribution < -0.4 is 5.32 Å². The van der Waals surface area contributed by atoms with Gasteiger partial charge in [0.1, 0.15) is 0 Å². The van der Waals surface area contributed by atoms with E-state index in [-0.39, 0.29) is 12.5 Å². The number of terminal acetylenes is 1. The Morgan fingerprint density at radius 2 is 2.00 bits per heavy atom. The highest BCUT2D eigenvalue weighted by molar-refractivity contribution is 5.94. The molecule has 1 N–H and O–H groups in total. The molecule has 0 fully saturated rings. The minimum absolute atomic E-state index is 0.124. The summed E-state index contributed by atoms with van der Waals surface area (Å²) in [6, 6.07) is 8.19. The highest BCUT2D eigenvalue weighted by Gasteiger charge is 2.08. The molecule has 1 aromatic carbocycles. The van der Waals surface area contributed by atoms with Gasteiger partial charge >= 0.3 is 0 Å². The highest BCUT2D eigenvalue weighted by Crippen LogP contribution is 2.09. The van der Waals surface area contributed by atoms with Gasteiger partial charge in [-0.15, -0.1) is 6.42 Å². The number of carbonyl (C=O) groups is 1. The molecule has 3 heteroatoms. The Morgan fingerprint density at radius 1 is 1.37 bits per heavy atom. The summed E-state index contributed by atoms with van der Waals surface area (Å²) in [5.74, 6) is 2.26. The molecular formula is C16H22N2O. The molecule has 1 aromatic rings. The van der Waals surface area contributed by atoms with Crippen molar-refractivity contribution >= 4 is 5.91 Å². The highest BCUT2D eigenvalue weighted by atomic mass is 16.1. The maximum Gasteiger partial charge on any atom is 0.252 e. The maximum atomic E-state index is 11.7. The van der Waals surface area contributed by atoms with Crippen LogP contribution in [0.4, 0.5) is 0 Å². The van der Waals surface area contributed by atoms with E-state index in [9.17, 15) is 4.79 Å². The third kappa shape index (κ3) is 4.76. The van der Waals surface area contributed by atoms with Gasteiger partial charge in [0.05, 0.1) is 6.54 Å². The van der Waals surface area contributed by atoms with Crippen molar-refractivity contribution in [2.24, 2.45) is 0 Å². The van der Waals surface area contributed by atoms with Crippen molar-refractivity contribution < 1.29 is 4.79 Å². The van der Waals surface area contributed by atoms with Crippen molar-refractivity contribution in [2.45, 2.75) is 33.4 Å². The second kappa shape index (κ2) is 7.60. The molecule has 3 nitrogen and oxygen atoms in total. The van der Waals surface area contributed by atoms with E-state index < -0.39 is 0 Å². The first-order chi connectivity index (χ1) is 9.08. The van der Waals surface area contributed by atoms with Gasteiger partial charge < -0.3 is 5.32 Å². The molecule has 0 saturated heterocycles. The molecule has 1 rings (SSSR count). The van der Waals surface area contributed by atoms with Gasteiger partial charge in [0, 0.05) is 18.2 Å². The van der Waals surface area contributed by atoms with Crippen LogP contribution in [0.2, 0.25) is 0 Å². The van der Waals surface area contributed by atoms with Crippen LogP contribution >= 0.6 is 0 Å². The topological polar surface area (TPSA) is 32.3 Å². The van der Waals surface area contributed by atoms with Gasteiger partial charge in [0.2, 0.25) is 0 Å². The summed E-state index contributed by atoms with van der Waals surface area (Å²) in [7, 11) is 0. The third-order valence-corrected chi connectivity index (χ3v) is 3.09. The monoisotopic (exact) mass is 258 g/mol. The molecular weight excluding hydrogens is 236 g/mol. The van der Waals surface area contributed by atoms with Gasteiger partial charge in [-0.25, -0.2) is 0 Å². The first-order valence-corrected chi connectivity index (χ1v) is 6.63. The Balaban J connectivity index is 2.66. The first-order valence-electron chi connectivity index (χ1n) is 6.63. The molecule has 1 amide bonds. The van der Waals surface area contributed by atoms with E-state index in [0.29, 0.717) is 11.6 Å². The summed E-state index contributed by atoms with van der Waals surface area (Å²) in [5, 5.41) is 2.65. The predicted octanol–water partition coefficient (Wildman–Crippen LogP) is 2.28. The smallest absolute Gasteiger partial charge is 0.252 e. The fraction of sp³-hybridized carbons (Fsp3) is 0.438. The van der Waals surface area contributed by atoms with Gasteiger partial charge in [-0.2, -0.15) is 0 Å². The predicted molar refractivity (Wildman–Crippen MR) is 78.8 cm³/mol. The normalized spacial score (nSPS) is 10.5. The lowest BCUT2D eigenvalue weighted by Crippen LogP contribution is -2.30. The van der Waals surface area contributed by atoms with Crippen LogP contribution in [0.5, 0.6) is 0 Å². The van der Waals surface area contributed by atoms with Crippen molar-refractivity contribution in [3.05, 3.63) is 35.4 Å². The Morgan fingerprint density at radius 3 is 2.47 bits per heavy atom. The summed E-state index contributed by atoms with van der Waals surface area (Å²) >= 11 is 0. The second-order valence-corrected chi connectivity index (χ2v) is 4.74. The Bertz CT molecular complexity index is 443. The zero-order valence-electron chi connectivity index (χ0n) is 11.9. The van der Waals surface area contributed by atoms with Crippen molar-refractivity contribution in [1.29, 1.82) is 0 Å². The molecule has 0 heterocycles. The van der Waals surface area contributed by atoms with Crippen molar-refractivity contribution in [2.75, 3.05) is 13.1 Å². The molecule has 0 unspecified atom stereocenters. The van der Waals surface area contributed by atoms with E-state index in [0.717, 1.165) is 13.1 Å². The number of amides is 1. The lowest BCUT2D eigenvalue weighted by atomic mass is 10.1. The van der Waals surface area contributed by atoms with E-state index in [1.807, 2.05) is 24.3 Å². The van der Waals surface area contributed by atoms with Gasteiger partial charge in [-0.3, -0.25) is 9.69 Å². The van der Waals surface area contributed by atoms with Gasteiger partial charge in [0.25, 0.3) is 5.91 Å². The third-order valence-electron chi connectivity index (χ3n) is 3.09. The summed E-state index contributed by atoms with van der Waals surface area (Å²) < 4.78 is 0. The average molecular weight is 258 g/mol. The quantitative estimate of drug-likeness (QED) is 0.794. The zero-order valence-corrected chi connectivity index (χ0v) is 11.9. The second-order valence-electron chi connectivity index (χ2n) is 4.74. The lowest BCUT2D eigenvalue weighted by Gasteiger charge is -2.24. The van der Waals surface area contributed by atoms with E-state index in [1.54, 1.807) is 0 Å². The zero-order chi connectivity index (χ0) is 14.3. The van der Waals surface area contributed by atoms with E-state index in [4.69, 9.17) is 6.42 Å². The molecule has 0 aliphatic rings. The number of benzene rings is 1. The van der Waals surface area contributed by atoms with Gasteiger partial charge in [-0.1, -0.05) is 25.0 Å². The number of rotatable bonds is 6. The van der Waals surface area contributed by atoms with Gasteiger partial charge in [-0.05, 0) is 38.1 Å². The number of nitrogens with one attached hydrogen (secondary N) is 1. The number of nitrogens with zero attached hydrogens (tertiary/aromatic N) is 1. The SMILES string of the molecule is C#CCNC(=O)c1ccc(CN(CC)C(C)C)cc1. The van der Waals surface area contributed by atoms with Crippen LogP contribution in [0, 0.1) is 12.3 Å². The molecule has 0 atom stereocenters. The minimum atomic E-state index is -0.124. The van der Waals surface area contributed by atoms with Crippen LogP contribution in [0.3, 0.4) is 0 Å². The van der Waals surface area contributed by atoms with Crippen molar-refractivity contribution in [3.63, 3.8) is 0 Å². The van der Waals surface area contributed by atoms with Crippen LogP contribution in [0.1, 0.15) is 36.7 Å². The van der Waals surface area contributed by atoms with Gasteiger partial charge in [0.15, 0.2) is 0 Å². The Labute approximate surface area is 116 Å². The molecule has 19 heavy (non-hydrogen) atoms. The maximum absolute atomic E-state index is 11.7. The van der Waals surface area contributed by atoms with Crippen molar-refractivity contribution in [3.8, 4) is 12.3 Å². The molecule has 0 radical (unpaired) electrons. The molecule has 0 aliphatic carbocycles. The molecule has 0 aromatic heterocycles. The first kappa shape index (κ1) is 15.3. The average Bonchev–Trinajstić information content (AvgIpc) is 2.42. The standard InChI is InChI=1S/C16H22N2O/c1-5-11-17-16(19)15-9-7-14(8-10-15)12-18(6-2)13(3)4/h1,7-10,13H,6,11-12H2,2-4H3,(H,17,19).